The van der Waals surface area contributed by atoms with Gasteiger partial charge in [-0.05, 0) is 87.8 Å². The van der Waals surface area contributed by atoms with Gasteiger partial charge in [0.05, 0.1) is 5.69 Å². The SMILES string of the molecule is CC(C)NC(=O)NCc1cccc(-c2cccc3nc(Nc4ccc(OCCN5CCCC5)cc4)nn23)c1. The number of fused-ring (bicyclic) bond motifs is 1. The van der Waals surface area contributed by atoms with E-state index in [1.54, 1.807) is 0 Å². The first-order valence-electron chi connectivity index (χ1n) is 13.3. The third-order valence-corrected chi connectivity index (χ3v) is 6.44. The second-order valence-corrected chi connectivity index (χ2v) is 9.85. The highest BCUT2D eigenvalue weighted by Gasteiger charge is 2.12. The standard InChI is InChI=1S/C29H35N7O2/c1-21(2)31-29(37)30-20-22-7-5-8-23(19-22)26-9-6-10-27-33-28(34-36(26)27)32-24-11-13-25(14-12-24)38-18-17-35-15-3-4-16-35/h5-14,19,21H,3-4,15-18,20H2,1-2H3,(H,32,34)(H2,30,31,37). The molecule has 9 heteroatoms. The van der Waals surface area contributed by atoms with Crippen LogP contribution in [0.25, 0.3) is 16.9 Å². The van der Waals surface area contributed by atoms with Crippen LogP contribution >= 0.6 is 0 Å². The van der Waals surface area contributed by atoms with Gasteiger partial charge >= 0.3 is 6.03 Å². The molecule has 0 radical (unpaired) electrons. The number of anilines is 2. The van der Waals surface area contributed by atoms with E-state index in [0.717, 1.165) is 40.4 Å². The first-order valence-corrected chi connectivity index (χ1v) is 13.3. The van der Waals surface area contributed by atoms with Crippen LogP contribution < -0.4 is 20.7 Å². The van der Waals surface area contributed by atoms with Crippen LogP contribution in [0.4, 0.5) is 16.4 Å². The van der Waals surface area contributed by atoms with E-state index in [1.165, 1.54) is 25.9 Å². The van der Waals surface area contributed by atoms with Gasteiger partial charge in [0.15, 0.2) is 5.65 Å². The van der Waals surface area contributed by atoms with Crippen LogP contribution in [0.3, 0.4) is 0 Å². The van der Waals surface area contributed by atoms with E-state index in [-0.39, 0.29) is 12.1 Å². The second-order valence-electron chi connectivity index (χ2n) is 9.85. The molecule has 0 unspecified atom stereocenters. The van der Waals surface area contributed by atoms with E-state index >= 15 is 0 Å². The molecule has 4 aromatic rings. The molecular weight excluding hydrogens is 478 g/mol. The van der Waals surface area contributed by atoms with Crippen LogP contribution in [-0.4, -0.2) is 57.8 Å². The van der Waals surface area contributed by atoms with Gasteiger partial charge in [0.2, 0.25) is 5.95 Å². The van der Waals surface area contributed by atoms with E-state index < -0.39 is 0 Å². The lowest BCUT2D eigenvalue weighted by Gasteiger charge is -2.15. The van der Waals surface area contributed by atoms with Crippen molar-refractivity contribution in [2.24, 2.45) is 0 Å². The molecule has 0 bridgehead atoms. The molecule has 2 amide bonds. The third-order valence-electron chi connectivity index (χ3n) is 6.44. The highest BCUT2D eigenvalue weighted by molar-refractivity contribution is 5.74. The van der Waals surface area contributed by atoms with Crippen LogP contribution in [0.15, 0.2) is 66.7 Å². The van der Waals surface area contributed by atoms with Crippen molar-refractivity contribution in [3.05, 3.63) is 72.3 Å². The minimum Gasteiger partial charge on any atom is -0.492 e. The average molecular weight is 514 g/mol. The van der Waals surface area contributed by atoms with Gasteiger partial charge in [0, 0.05) is 30.4 Å². The Labute approximate surface area is 223 Å². The number of pyridine rings is 1. The number of carbonyl (C=O) groups excluding carboxylic acids is 1. The predicted octanol–water partition coefficient (Wildman–Crippen LogP) is 4.82. The van der Waals surface area contributed by atoms with Crippen molar-refractivity contribution < 1.29 is 9.53 Å². The highest BCUT2D eigenvalue weighted by Crippen LogP contribution is 2.24. The number of rotatable bonds is 10. The number of urea groups is 1. The minimum atomic E-state index is -0.179. The van der Waals surface area contributed by atoms with E-state index in [4.69, 9.17) is 9.84 Å². The number of amides is 2. The number of aromatic nitrogens is 3. The predicted molar refractivity (Wildman–Crippen MR) is 150 cm³/mol. The topological polar surface area (TPSA) is 95.8 Å². The molecule has 1 aliphatic heterocycles. The van der Waals surface area contributed by atoms with Gasteiger partial charge in [-0.3, -0.25) is 4.90 Å². The van der Waals surface area contributed by atoms with Gasteiger partial charge in [0.25, 0.3) is 0 Å². The summed E-state index contributed by atoms with van der Waals surface area (Å²) in [6.07, 6.45) is 2.59. The molecule has 9 nitrogen and oxygen atoms in total. The van der Waals surface area contributed by atoms with Crippen molar-refractivity contribution in [2.75, 3.05) is 31.6 Å². The number of hydrogen-bond acceptors (Lipinski definition) is 6. The summed E-state index contributed by atoms with van der Waals surface area (Å²) in [4.78, 5) is 19.1. The lowest BCUT2D eigenvalue weighted by atomic mass is 10.1. The molecule has 0 aliphatic carbocycles. The second kappa shape index (κ2) is 12.0. The number of nitrogens with zero attached hydrogens (tertiary/aromatic N) is 4. The van der Waals surface area contributed by atoms with Gasteiger partial charge in [-0.1, -0.05) is 24.3 Å². The molecule has 0 atom stereocenters. The normalized spacial score (nSPS) is 13.7. The molecule has 1 fully saturated rings. The largest absolute Gasteiger partial charge is 0.492 e. The van der Waals surface area contributed by atoms with Crippen molar-refractivity contribution in [1.82, 2.24) is 30.1 Å². The maximum absolute atomic E-state index is 12.0. The Hall–Kier alpha value is -4.11. The van der Waals surface area contributed by atoms with Gasteiger partial charge in [-0.25, -0.2) is 9.31 Å². The molecule has 2 aromatic carbocycles. The molecule has 1 aliphatic rings. The van der Waals surface area contributed by atoms with Crippen LogP contribution in [0.2, 0.25) is 0 Å². The Morgan fingerprint density at radius 1 is 1.03 bits per heavy atom. The Bertz CT molecular complexity index is 1360. The van der Waals surface area contributed by atoms with E-state index in [0.29, 0.717) is 19.1 Å². The van der Waals surface area contributed by atoms with E-state index in [9.17, 15) is 4.79 Å². The average Bonchev–Trinajstić information content (AvgIpc) is 3.58. The van der Waals surface area contributed by atoms with Crippen LogP contribution in [0.1, 0.15) is 32.3 Å². The van der Waals surface area contributed by atoms with Gasteiger partial charge in [-0.15, -0.1) is 5.10 Å². The zero-order valence-corrected chi connectivity index (χ0v) is 22.0. The zero-order valence-electron chi connectivity index (χ0n) is 22.0. The fraction of sp³-hybridized carbons (Fsp3) is 0.345. The monoisotopic (exact) mass is 513 g/mol. The molecule has 2 aromatic heterocycles. The summed E-state index contributed by atoms with van der Waals surface area (Å²) in [6, 6.07) is 21.8. The highest BCUT2D eigenvalue weighted by atomic mass is 16.5. The summed E-state index contributed by atoms with van der Waals surface area (Å²) in [7, 11) is 0. The number of likely N-dealkylation sites (tertiary alicyclic amines) is 1. The third kappa shape index (κ3) is 6.60. The summed E-state index contributed by atoms with van der Waals surface area (Å²) in [6.45, 7) is 8.34. The number of nitrogens with one attached hydrogen (secondary N) is 3. The van der Waals surface area contributed by atoms with Gasteiger partial charge in [-0.2, -0.15) is 4.98 Å². The summed E-state index contributed by atoms with van der Waals surface area (Å²) in [5.74, 6) is 1.37. The molecule has 3 N–H and O–H groups in total. The summed E-state index contributed by atoms with van der Waals surface area (Å²) in [5, 5.41) is 13.8. The zero-order chi connectivity index (χ0) is 26.3. The number of benzene rings is 2. The van der Waals surface area contributed by atoms with Crippen molar-refractivity contribution in [1.29, 1.82) is 0 Å². The summed E-state index contributed by atoms with van der Waals surface area (Å²) < 4.78 is 7.74. The van der Waals surface area contributed by atoms with Crippen molar-refractivity contribution >= 4 is 23.3 Å². The van der Waals surface area contributed by atoms with Crippen molar-refractivity contribution in [3.8, 4) is 17.0 Å². The Morgan fingerprint density at radius 2 is 1.82 bits per heavy atom. The Morgan fingerprint density at radius 3 is 2.61 bits per heavy atom. The number of carbonyl (C=O) groups is 1. The first-order chi connectivity index (χ1) is 18.5. The maximum atomic E-state index is 12.0. The molecule has 5 rings (SSSR count). The molecular formula is C29H35N7O2. The molecule has 0 spiro atoms. The fourth-order valence-electron chi connectivity index (χ4n) is 4.58. The lowest BCUT2D eigenvalue weighted by Crippen LogP contribution is -2.39. The molecule has 0 saturated carbocycles. The summed E-state index contributed by atoms with van der Waals surface area (Å²) in [5.41, 5.74) is 4.54. The Balaban J connectivity index is 1.24. The summed E-state index contributed by atoms with van der Waals surface area (Å²) >= 11 is 0. The Kier molecular flexibility index (Phi) is 8.04. The van der Waals surface area contributed by atoms with E-state index in [2.05, 4.69) is 31.9 Å². The fourth-order valence-corrected chi connectivity index (χ4v) is 4.58. The smallest absolute Gasteiger partial charge is 0.315 e. The van der Waals surface area contributed by atoms with Crippen LogP contribution in [-0.2, 0) is 6.54 Å². The van der Waals surface area contributed by atoms with Gasteiger partial charge < -0.3 is 20.7 Å². The minimum absolute atomic E-state index is 0.0879. The molecule has 38 heavy (non-hydrogen) atoms. The van der Waals surface area contributed by atoms with Crippen molar-refractivity contribution in [2.45, 2.75) is 39.3 Å². The van der Waals surface area contributed by atoms with Crippen LogP contribution in [0.5, 0.6) is 5.75 Å². The van der Waals surface area contributed by atoms with E-state index in [1.807, 2.05) is 79.0 Å². The lowest BCUT2D eigenvalue weighted by molar-refractivity contribution is 0.237. The first kappa shape index (κ1) is 25.5. The maximum Gasteiger partial charge on any atom is 0.315 e. The number of ether oxygens (including phenoxy) is 1. The van der Waals surface area contributed by atoms with Gasteiger partial charge in [0.1, 0.15) is 12.4 Å². The molecule has 198 valence electrons. The molecule has 3 heterocycles. The quantitative estimate of drug-likeness (QED) is 0.281. The number of hydrogen-bond donors (Lipinski definition) is 3. The van der Waals surface area contributed by atoms with Crippen LogP contribution in [0, 0.1) is 0 Å². The molecule has 1 saturated heterocycles. The van der Waals surface area contributed by atoms with Crippen molar-refractivity contribution in [3.63, 3.8) is 0 Å².